The number of anilines is 1. The lowest BCUT2D eigenvalue weighted by molar-refractivity contribution is 0.0233. The summed E-state index contributed by atoms with van der Waals surface area (Å²) < 4.78 is 6.42. The second-order valence-electron chi connectivity index (χ2n) is 6.17. The first-order chi connectivity index (χ1) is 9.16. The van der Waals surface area contributed by atoms with Crippen LogP contribution in [-0.4, -0.2) is 37.2 Å². The predicted octanol–water partition coefficient (Wildman–Crippen LogP) is 2.91. The first-order valence-corrected chi connectivity index (χ1v) is 7.40. The maximum absolute atomic E-state index is 6.42. The Hall–Kier alpha value is -1.22. The molecule has 1 saturated heterocycles. The van der Waals surface area contributed by atoms with Crippen LogP contribution in [-0.2, 0) is 6.42 Å². The summed E-state index contributed by atoms with van der Waals surface area (Å²) in [5.41, 5.74) is 2.63. The highest BCUT2D eigenvalue weighted by Gasteiger charge is 2.31. The van der Waals surface area contributed by atoms with Crippen LogP contribution in [0.5, 0.6) is 5.75 Å². The molecule has 3 rings (SSSR count). The normalized spacial score (nSPS) is 22.4. The quantitative estimate of drug-likeness (QED) is 0.885. The van der Waals surface area contributed by atoms with E-state index in [-0.39, 0.29) is 5.60 Å². The monoisotopic (exact) mass is 260 g/mol. The Kier molecular flexibility index (Phi) is 3.40. The fourth-order valence-electron chi connectivity index (χ4n) is 3.03. The summed E-state index contributed by atoms with van der Waals surface area (Å²) in [6.45, 7) is 5.60. The molecule has 0 unspecified atom stereocenters. The molecule has 0 amide bonds. The summed E-state index contributed by atoms with van der Waals surface area (Å²) in [6, 6.07) is 6.40. The van der Waals surface area contributed by atoms with Crippen LogP contribution in [0.25, 0.3) is 0 Å². The highest BCUT2D eigenvalue weighted by atomic mass is 16.5. The molecule has 19 heavy (non-hydrogen) atoms. The van der Waals surface area contributed by atoms with Crippen molar-refractivity contribution in [3.63, 3.8) is 0 Å². The molecule has 2 aliphatic heterocycles. The van der Waals surface area contributed by atoms with E-state index in [1.807, 2.05) is 0 Å². The van der Waals surface area contributed by atoms with Crippen molar-refractivity contribution in [1.29, 1.82) is 0 Å². The highest BCUT2D eigenvalue weighted by molar-refractivity contribution is 5.59. The summed E-state index contributed by atoms with van der Waals surface area (Å²) in [7, 11) is 2.19. The molecule has 0 saturated carbocycles. The van der Waals surface area contributed by atoms with Gasteiger partial charge in [0, 0.05) is 30.9 Å². The molecule has 0 aliphatic carbocycles. The summed E-state index contributed by atoms with van der Waals surface area (Å²) in [4.78, 5) is 2.38. The fourth-order valence-corrected chi connectivity index (χ4v) is 3.03. The van der Waals surface area contributed by atoms with Crippen molar-refractivity contribution in [2.45, 2.75) is 38.2 Å². The van der Waals surface area contributed by atoms with Crippen molar-refractivity contribution in [2.24, 2.45) is 0 Å². The van der Waals surface area contributed by atoms with Crippen LogP contribution in [0.15, 0.2) is 18.2 Å². The molecule has 0 spiro atoms. The summed E-state index contributed by atoms with van der Waals surface area (Å²) in [6.07, 6.45) is 4.56. The molecule has 0 aromatic heterocycles. The summed E-state index contributed by atoms with van der Waals surface area (Å²) in [5.74, 6) is 1.09. The van der Waals surface area contributed by atoms with Gasteiger partial charge in [-0.25, -0.2) is 0 Å². The van der Waals surface area contributed by atoms with Crippen molar-refractivity contribution in [1.82, 2.24) is 4.90 Å². The highest BCUT2D eigenvalue weighted by Crippen LogP contribution is 2.35. The number of nitrogens with one attached hydrogen (secondary N) is 1. The second kappa shape index (κ2) is 5.04. The van der Waals surface area contributed by atoms with Crippen LogP contribution in [0.1, 0.15) is 31.7 Å². The topological polar surface area (TPSA) is 24.5 Å². The molecule has 0 radical (unpaired) electrons. The van der Waals surface area contributed by atoms with Crippen LogP contribution in [0.4, 0.5) is 5.69 Å². The molecule has 3 nitrogen and oxygen atoms in total. The minimum absolute atomic E-state index is 0.000912. The number of nitrogens with zero attached hydrogens (tertiary/aromatic N) is 1. The number of ether oxygens (including phenoxy) is 1. The van der Waals surface area contributed by atoms with E-state index in [0.29, 0.717) is 0 Å². The summed E-state index contributed by atoms with van der Waals surface area (Å²) >= 11 is 0. The summed E-state index contributed by atoms with van der Waals surface area (Å²) in [5, 5.41) is 3.47. The van der Waals surface area contributed by atoms with E-state index in [1.165, 1.54) is 17.7 Å². The Labute approximate surface area is 115 Å². The third-order valence-electron chi connectivity index (χ3n) is 4.45. The number of piperidine rings is 1. The van der Waals surface area contributed by atoms with Crippen LogP contribution in [0, 0.1) is 0 Å². The number of fused-ring (bicyclic) bond motifs is 1. The van der Waals surface area contributed by atoms with Gasteiger partial charge in [-0.05, 0) is 51.8 Å². The minimum atomic E-state index is -0.000912. The standard InChI is InChI=1S/C16H24N2O/c1-16(8-11-18(2)12-9-16)19-15-7-3-6-14-13(15)5-4-10-17-14/h3,6-7,17H,4-5,8-12H2,1-2H3. The smallest absolute Gasteiger partial charge is 0.125 e. The average Bonchev–Trinajstić information content (AvgIpc) is 2.43. The lowest BCUT2D eigenvalue weighted by atomic mass is 9.93. The van der Waals surface area contributed by atoms with E-state index in [2.05, 4.69) is 42.4 Å². The van der Waals surface area contributed by atoms with Crippen molar-refractivity contribution < 1.29 is 4.74 Å². The van der Waals surface area contributed by atoms with Crippen LogP contribution >= 0.6 is 0 Å². The van der Waals surface area contributed by atoms with Gasteiger partial charge in [-0.1, -0.05) is 6.07 Å². The molecule has 2 aliphatic rings. The van der Waals surface area contributed by atoms with E-state index in [4.69, 9.17) is 4.74 Å². The van der Waals surface area contributed by atoms with E-state index in [1.54, 1.807) is 0 Å². The second-order valence-corrected chi connectivity index (χ2v) is 6.17. The van der Waals surface area contributed by atoms with Gasteiger partial charge >= 0.3 is 0 Å². The zero-order chi connectivity index (χ0) is 13.3. The van der Waals surface area contributed by atoms with Gasteiger partial charge in [0.25, 0.3) is 0 Å². The van der Waals surface area contributed by atoms with Gasteiger partial charge in [0.1, 0.15) is 11.4 Å². The van der Waals surface area contributed by atoms with Crippen molar-refractivity contribution >= 4 is 5.69 Å². The molecule has 1 aromatic carbocycles. The Bertz CT molecular complexity index is 450. The van der Waals surface area contributed by atoms with Crippen LogP contribution in [0.2, 0.25) is 0 Å². The Morgan fingerprint density at radius 2 is 2.05 bits per heavy atom. The molecular weight excluding hydrogens is 236 g/mol. The first-order valence-electron chi connectivity index (χ1n) is 7.40. The van der Waals surface area contributed by atoms with Gasteiger partial charge in [0.05, 0.1) is 0 Å². The fraction of sp³-hybridized carbons (Fsp3) is 0.625. The van der Waals surface area contributed by atoms with Crippen molar-refractivity contribution in [3.05, 3.63) is 23.8 Å². The lowest BCUT2D eigenvalue weighted by Gasteiger charge is -2.39. The predicted molar refractivity (Wildman–Crippen MR) is 79.0 cm³/mol. The molecular formula is C16H24N2O. The lowest BCUT2D eigenvalue weighted by Crippen LogP contribution is -2.44. The van der Waals surface area contributed by atoms with Gasteiger partial charge in [-0.15, -0.1) is 0 Å². The third kappa shape index (κ3) is 2.71. The molecule has 1 N–H and O–H groups in total. The van der Waals surface area contributed by atoms with E-state index in [0.717, 1.165) is 44.6 Å². The number of likely N-dealkylation sites (tertiary alicyclic amines) is 1. The van der Waals surface area contributed by atoms with E-state index in [9.17, 15) is 0 Å². The number of hydrogen-bond acceptors (Lipinski definition) is 3. The van der Waals surface area contributed by atoms with Gasteiger partial charge in [-0.3, -0.25) is 0 Å². The zero-order valence-electron chi connectivity index (χ0n) is 12.0. The molecule has 1 aromatic rings. The van der Waals surface area contributed by atoms with Gasteiger partial charge in [-0.2, -0.15) is 0 Å². The first kappa shape index (κ1) is 12.8. The zero-order valence-corrected chi connectivity index (χ0v) is 12.0. The largest absolute Gasteiger partial charge is 0.487 e. The third-order valence-corrected chi connectivity index (χ3v) is 4.45. The van der Waals surface area contributed by atoms with Gasteiger partial charge < -0.3 is 15.0 Å². The molecule has 2 heterocycles. The number of hydrogen-bond donors (Lipinski definition) is 1. The average molecular weight is 260 g/mol. The maximum atomic E-state index is 6.42. The molecule has 0 atom stereocenters. The Morgan fingerprint density at radius 3 is 2.84 bits per heavy atom. The van der Waals surface area contributed by atoms with Crippen molar-refractivity contribution in [3.8, 4) is 5.75 Å². The molecule has 104 valence electrons. The molecule has 1 fully saturated rings. The SMILES string of the molecule is CN1CCC(C)(Oc2cccc3c2CCCN3)CC1. The molecule has 3 heteroatoms. The van der Waals surface area contributed by atoms with Crippen LogP contribution in [0.3, 0.4) is 0 Å². The van der Waals surface area contributed by atoms with Gasteiger partial charge in [0.2, 0.25) is 0 Å². The van der Waals surface area contributed by atoms with Gasteiger partial charge in [0.15, 0.2) is 0 Å². The Balaban J connectivity index is 1.79. The van der Waals surface area contributed by atoms with Crippen molar-refractivity contribution in [2.75, 3.05) is 32.0 Å². The van der Waals surface area contributed by atoms with E-state index >= 15 is 0 Å². The van der Waals surface area contributed by atoms with Crippen LogP contribution < -0.4 is 10.1 Å². The Morgan fingerprint density at radius 1 is 1.26 bits per heavy atom. The number of rotatable bonds is 2. The minimum Gasteiger partial charge on any atom is -0.487 e. The number of benzene rings is 1. The maximum Gasteiger partial charge on any atom is 0.125 e. The van der Waals surface area contributed by atoms with E-state index < -0.39 is 0 Å². The molecule has 0 bridgehead atoms.